The first-order chi connectivity index (χ1) is 12.3. The van der Waals surface area contributed by atoms with Gasteiger partial charge in [0.2, 0.25) is 5.95 Å². The number of fused-ring (bicyclic) bond motifs is 1. The number of benzene rings is 2. The van der Waals surface area contributed by atoms with Crippen molar-refractivity contribution in [1.82, 2.24) is 9.97 Å². The van der Waals surface area contributed by atoms with E-state index in [0.717, 1.165) is 30.0 Å². The number of rotatable bonds is 4. The van der Waals surface area contributed by atoms with Crippen LogP contribution in [0.3, 0.4) is 0 Å². The molecular weight excluding hydrogens is 308 g/mol. The molecule has 2 aromatic carbocycles. The average Bonchev–Trinajstić information content (AvgIpc) is 2.68. The van der Waals surface area contributed by atoms with E-state index < -0.39 is 0 Å². The van der Waals surface area contributed by atoms with E-state index in [1.165, 1.54) is 24.1 Å². The molecule has 4 nitrogen and oxygen atoms in total. The molecule has 1 heterocycles. The Morgan fingerprint density at radius 1 is 0.840 bits per heavy atom. The lowest BCUT2D eigenvalue weighted by molar-refractivity contribution is 0.663. The Balaban J connectivity index is 1.75. The second-order valence-corrected chi connectivity index (χ2v) is 6.39. The topological polar surface area (TPSA) is 41.1 Å². The summed E-state index contributed by atoms with van der Waals surface area (Å²) in [4.78, 5) is 11.8. The van der Waals surface area contributed by atoms with Gasteiger partial charge in [-0.25, -0.2) is 4.98 Å². The number of nitrogens with one attached hydrogen (secondary N) is 1. The molecule has 1 N–H and O–H groups in total. The van der Waals surface area contributed by atoms with Gasteiger partial charge in [-0.1, -0.05) is 36.4 Å². The summed E-state index contributed by atoms with van der Waals surface area (Å²) in [5, 5.41) is 3.35. The number of para-hydroxylation sites is 2. The van der Waals surface area contributed by atoms with E-state index in [0.29, 0.717) is 5.95 Å². The van der Waals surface area contributed by atoms with Gasteiger partial charge in [0.1, 0.15) is 5.82 Å². The normalized spacial score (nSPS) is 13.2. The number of nitrogens with zero attached hydrogens (tertiary/aromatic N) is 3. The van der Waals surface area contributed by atoms with Gasteiger partial charge < -0.3 is 10.2 Å². The summed E-state index contributed by atoms with van der Waals surface area (Å²) < 4.78 is 0. The highest BCUT2D eigenvalue weighted by molar-refractivity contribution is 5.65. The van der Waals surface area contributed by atoms with Crippen molar-refractivity contribution in [3.63, 3.8) is 0 Å². The number of hydrogen-bond acceptors (Lipinski definition) is 4. The van der Waals surface area contributed by atoms with Gasteiger partial charge in [0.05, 0.1) is 5.69 Å². The number of hydrogen-bond donors (Lipinski definition) is 1. The summed E-state index contributed by atoms with van der Waals surface area (Å²) in [5.41, 5.74) is 4.61. The first-order valence-corrected chi connectivity index (χ1v) is 8.82. The Bertz CT molecular complexity index is 847. The lowest BCUT2D eigenvalue weighted by Crippen LogP contribution is -2.19. The maximum Gasteiger partial charge on any atom is 0.229 e. The quantitative estimate of drug-likeness (QED) is 0.741. The second kappa shape index (κ2) is 6.93. The van der Waals surface area contributed by atoms with Crippen LogP contribution in [0.2, 0.25) is 0 Å². The molecule has 25 heavy (non-hydrogen) atoms. The summed E-state index contributed by atoms with van der Waals surface area (Å²) in [6, 6.07) is 20.5. The van der Waals surface area contributed by atoms with E-state index in [1.54, 1.807) is 0 Å². The monoisotopic (exact) mass is 330 g/mol. The maximum atomic E-state index is 4.86. The highest BCUT2D eigenvalue weighted by atomic mass is 15.2. The molecule has 3 aromatic rings. The van der Waals surface area contributed by atoms with Crippen LogP contribution in [0.25, 0.3) is 0 Å². The average molecular weight is 330 g/mol. The van der Waals surface area contributed by atoms with Crippen LogP contribution in [0.4, 0.5) is 23.1 Å². The van der Waals surface area contributed by atoms with Gasteiger partial charge in [0, 0.05) is 24.0 Å². The molecule has 0 aliphatic heterocycles. The molecule has 4 rings (SSSR count). The van der Waals surface area contributed by atoms with Crippen molar-refractivity contribution in [2.75, 3.05) is 17.3 Å². The zero-order chi connectivity index (χ0) is 17.1. The minimum atomic E-state index is 0.671. The van der Waals surface area contributed by atoms with E-state index in [1.807, 2.05) is 36.4 Å². The molecule has 4 heteroatoms. The van der Waals surface area contributed by atoms with Gasteiger partial charge in [-0.2, -0.15) is 4.98 Å². The summed E-state index contributed by atoms with van der Waals surface area (Å²) >= 11 is 0. The molecule has 0 amide bonds. The molecule has 1 aliphatic carbocycles. The fraction of sp³-hybridized carbons (Fsp3) is 0.238. The van der Waals surface area contributed by atoms with E-state index in [9.17, 15) is 0 Å². The zero-order valence-electron chi connectivity index (χ0n) is 14.4. The van der Waals surface area contributed by atoms with E-state index in [2.05, 4.69) is 41.5 Å². The van der Waals surface area contributed by atoms with Crippen molar-refractivity contribution in [2.24, 2.45) is 0 Å². The highest BCUT2D eigenvalue weighted by Gasteiger charge is 2.21. The van der Waals surface area contributed by atoms with Crippen molar-refractivity contribution in [2.45, 2.75) is 25.7 Å². The molecule has 0 unspecified atom stereocenters. The van der Waals surface area contributed by atoms with Crippen LogP contribution < -0.4 is 10.2 Å². The maximum absolute atomic E-state index is 4.86. The minimum absolute atomic E-state index is 0.671. The Morgan fingerprint density at radius 3 is 2.28 bits per heavy atom. The summed E-state index contributed by atoms with van der Waals surface area (Å²) in [6.07, 6.45) is 4.48. The first kappa shape index (κ1) is 15.6. The number of aryl methyl sites for hydroxylation is 1. The molecule has 0 atom stereocenters. The van der Waals surface area contributed by atoms with Gasteiger partial charge in [-0.3, -0.25) is 0 Å². The van der Waals surface area contributed by atoms with Gasteiger partial charge >= 0.3 is 0 Å². The Morgan fingerprint density at radius 2 is 1.52 bits per heavy atom. The van der Waals surface area contributed by atoms with Crippen LogP contribution in [0.15, 0.2) is 60.7 Å². The molecule has 0 saturated carbocycles. The third-order valence-electron chi connectivity index (χ3n) is 4.65. The highest BCUT2D eigenvalue weighted by Crippen LogP contribution is 2.32. The predicted molar refractivity (Wildman–Crippen MR) is 103 cm³/mol. The van der Waals surface area contributed by atoms with Crippen molar-refractivity contribution in [3.05, 3.63) is 71.9 Å². The SMILES string of the molecule is CN(c1ccccc1)c1nc(Nc2ccccc2)nc2c1CCCC2. The van der Waals surface area contributed by atoms with E-state index >= 15 is 0 Å². The second-order valence-electron chi connectivity index (χ2n) is 6.39. The predicted octanol–water partition coefficient (Wildman–Crippen LogP) is 4.87. The van der Waals surface area contributed by atoms with Crippen LogP contribution in [-0.2, 0) is 12.8 Å². The lowest BCUT2D eigenvalue weighted by Gasteiger charge is -2.26. The third-order valence-corrected chi connectivity index (χ3v) is 4.65. The summed E-state index contributed by atoms with van der Waals surface area (Å²) in [6.45, 7) is 0. The van der Waals surface area contributed by atoms with Crippen LogP contribution >= 0.6 is 0 Å². The summed E-state index contributed by atoms with van der Waals surface area (Å²) in [7, 11) is 2.08. The van der Waals surface area contributed by atoms with Crippen LogP contribution in [-0.4, -0.2) is 17.0 Å². The largest absolute Gasteiger partial charge is 0.329 e. The zero-order valence-corrected chi connectivity index (χ0v) is 14.4. The Hall–Kier alpha value is -2.88. The number of aromatic nitrogens is 2. The molecule has 0 spiro atoms. The van der Waals surface area contributed by atoms with Crippen molar-refractivity contribution in [1.29, 1.82) is 0 Å². The fourth-order valence-electron chi connectivity index (χ4n) is 3.33. The van der Waals surface area contributed by atoms with Crippen LogP contribution in [0.5, 0.6) is 0 Å². The minimum Gasteiger partial charge on any atom is -0.329 e. The molecule has 0 radical (unpaired) electrons. The van der Waals surface area contributed by atoms with Gasteiger partial charge in [-0.15, -0.1) is 0 Å². The van der Waals surface area contributed by atoms with Gasteiger partial charge in [0.15, 0.2) is 0 Å². The van der Waals surface area contributed by atoms with Crippen molar-refractivity contribution >= 4 is 23.1 Å². The smallest absolute Gasteiger partial charge is 0.229 e. The third kappa shape index (κ3) is 3.33. The summed E-state index contributed by atoms with van der Waals surface area (Å²) in [5.74, 6) is 1.68. The van der Waals surface area contributed by atoms with E-state index in [-0.39, 0.29) is 0 Å². The van der Waals surface area contributed by atoms with E-state index in [4.69, 9.17) is 9.97 Å². The fourth-order valence-corrected chi connectivity index (χ4v) is 3.33. The molecule has 1 aromatic heterocycles. The molecular formula is C21H22N4. The number of anilines is 4. The molecule has 0 fully saturated rings. The van der Waals surface area contributed by atoms with Gasteiger partial charge in [-0.05, 0) is 49.9 Å². The molecule has 0 bridgehead atoms. The Kier molecular flexibility index (Phi) is 4.34. The molecule has 1 aliphatic rings. The van der Waals surface area contributed by atoms with Crippen LogP contribution in [0.1, 0.15) is 24.1 Å². The standard InChI is InChI=1S/C21H22N4/c1-25(17-12-6-3-7-13-17)20-18-14-8-9-15-19(18)23-21(24-20)22-16-10-4-2-5-11-16/h2-7,10-13H,8-9,14-15H2,1H3,(H,22,23,24). The van der Waals surface area contributed by atoms with Crippen molar-refractivity contribution in [3.8, 4) is 0 Å². The molecule has 0 saturated heterocycles. The Labute approximate surface area is 148 Å². The van der Waals surface area contributed by atoms with Crippen molar-refractivity contribution < 1.29 is 0 Å². The van der Waals surface area contributed by atoms with Gasteiger partial charge in [0.25, 0.3) is 0 Å². The van der Waals surface area contributed by atoms with Crippen LogP contribution in [0, 0.1) is 0 Å². The lowest BCUT2D eigenvalue weighted by atomic mass is 9.96. The first-order valence-electron chi connectivity index (χ1n) is 8.82. The molecule has 126 valence electrons.